The lowest BCUT2D eigenvalue weighted by molar-refractivity contribution is 0.523. The van der Waals surface area contributed by atoms with Gasteiger partial charge in [0.15, 0.2) is 0 Å². The lowest BCUT2D eigenvalue weighted by Gasteiger charge is -2.03. The van der Waals surface area contributed by atoms with Crippen molar-refractivity contribution in [3.63, 3.8) is 0 Å². The molecule has 0 aromatic rings. The monoisotopic (exact) mass is 374 g/mol. The van der Waals surface area contributed by atoms with Crippen molar-refractivity contribution < 1.29 is 0 Å². The van der Waals surface area contributed by atoms with Crippen LogP contribution in [-0.4, -0.2) is 0 Å². The van der Waals surface area contributed by atoms with Crippen molar-refractivity contribution in [2.45, 2.75) is 135 Å². The Bertz CT molecular complexity index is 323. The average molecular weight is 375 g/mol. The fourth-order valence-electron chi connectivity index (χ4n) is 3.66. The van der Waals surface area contributed by atoms with Crippen LogP contribution in [0, 0.1) is 0 Å². The van der Waals surface area contributed by atoms with Gasteiger partial charge in [-0.25, -0.2) is 0 Å². The van der Waals surface area contributed by atoms with E-state index in [-0.39, 0.29) is 0 Å². The maximum atomic E-state index is 3.67. The minimum atomic E-state index is 1.22. The molecule has 0 heterocycles. The van der Waals surface area contributed by atoms with E-state index in [9.17, 15) is 0 Å². The van der Waals surface area contributed by atoms with Crippen LogP contribution in [0.15, 0.2) is 37.0 Å². The third kappa shape index (κ3) is 25.2. The van der Waals surface area contributed by atoms with E-state index in [1.807, 2.05) is 12.2 Å². The molecule has 0 aliphatic heterocycles. The molecule has 0 bridgehead atoms. The first-order valence-electron chi connectivity index (χ1n) is 12.4. The molecule has 0 fully saturated rings. The van der Waals surface area contributed by atoms with Crippen molar-refractivity contribution in [1.29, 1.82) is 0 Å². The van der Waals surface area contributed by atoms with Crippen LogP contribution < -0.4 is 0 Å². The molecular weight excluding hydrogens is 324 g/mol. The summed E-state index contributed by atoms with van der Waals surface area (Å²) in [6, 6.07) is 0. The summed E-state index contributed by atoms with van der Waals surface area (Å²) in [7, 11) is 0. The normalized spacial score (nSPS) is 11.7. The first kappa shape index (κ1) is 26.2. The van der Waals surface area contributed by atoms with Crippen molar-refractivity contribution in [3.05, 3.63) is 37.0 Å². The SMILES string of the molecule is C=C/C=C/C=C/CCCCCCCCCCCCCCCCCCCCC. The molecule has 0 radical (unpaired) electrons. The van der Waals surface area contributed by atoms with Crippen LogP contribution in [0.2, 0.25) is 0 Å². The molecule has 0 rings (SSSR count). The predicted molar refractivity (Wildman–Crippen MR) is 126 cm³/mol. The Kier molecular flexibility index (Phi) is 24.5. The van der Waals surface area contributed by atoms with Crippen LogP contribution in [0.5, 0.6) is 0 Å². The van der Waals surface area contributed by atoms with Crippen LogP contribution in [0.1, 0.15) is 135 Å². The van der Waals surface area contributed by atoms with Crippen molar-refractivity contribution in [3.8, 4) is 0 Å². The molecule has 27 heavy (non-hydrogen) atoms. The van der Waals surface area contributed by atoms with Crippen LogP contribution in [0.4, 0.5) is 0 Å². The quantitative estimate of drug-likeness (QED) is 0.130. The van der Waals surface area contributed by atoms with Crippen LogP contribution in [0.3, 0.4) is 0 Å². The maximum Gasteiger partial charge on any atom is -0.0348 e. The Morgan fingerprint density at radius 1 is 0.444 bits per heavy atom. The van der Waals surface area contributed by atoms with E-state index >= 15 is 0 Å². The van der Waals surface area contributed by atoms with Gasteiger partial charge in [-0.2, -0.15) is 0 Å². The van der Waals surface area contributed by atoms with Gasteiger partial charge in [-0.3, -0.25) is 0 Å². The van der Waals surface area contributed by atoms with Crippen LogP contribution in [0.25, 0.3) is 0 Å². The second-order valence-electron chi connectivity index (χ2n) is 8.20. The van der Waals surface area contributed by atoms with Gasteiger partial charge in [0.2, 0.25) is 0 Å². The van der Waals surface area contributed by atoms with E-state index in [1.54, 1.807) is 0 Å². The molecule has 0 atom stereocenters. The third-order valence-electron chi connectivity index (χ3n) is 5.47. The Balaban J connectivity index is 3.04. The van der Waals surface area contributed by atoms with Gasteiger partial charge in [-0.1, -0.05) is 159 Å². The van der Waals surface area contributed by atoms with E-state index < -0.39 is 0 Å². The minimum absolute atomic E-state index is 1.22. The van der Waals surface area contributed by atoms with E-state index in [0.29, 0.717) is 0 Å². The molecular formula is C27H50. The summed E-state index contributed by atoms with van der Waals surface area (Å²) >= 11 is 0. The van der Waals surface area contributed by atoms with E-state index in [2.05, 4.69) is 31.7 Å². The fourth-order valence-corrected chi connectivity index (χ4v) is 3.66. The minimum Gasteiger partial charge on any atom is -0.0991 e. The second-order valence-corrected chi connectivity index (χ2v) is 8.20. The third-order valence-corrected chi connectivity index (χ3v) is 5.47. The average Bonchev–Trinajstić information content (AvgIpc) is 2.68. The Morgan fingerprint density at radius 2 is 0.815 bits per heavy atom. The molecule has 0 nitrogen and oxygen atoms in total. The van der Waals surface area contributed by atoms with Crippen LogP contribution in [-0.2, 0) is 0 Å². The van der Waals surface area contributed by atoms with Gasteiger partial charge in [0.05, 0.1) is 0 Å². The Hall–Kier alpha value is -0.780. The summed E-state index contributed by atoms with van der Waals surface area (Å²) in [6.45, 7) is 5.96. The Morgan fingerprint density at radius 3 is 1.19 bits per heavy atom. The molecule has 0 saturated carbocycles. The van der Waals surface area contributed by atoms with Crippen molar-refractivity contribution in [2.24, 2.45) is 0 Å². The topological polar surface area (TPSA) is 0 Å². The van der Waals surface area contributed by atoms with Gasteiger partial charge in [0.1, 0.15) is 0 Å². The fraction of sp³-hybridized carbons (Fsp3) is 0.778. The first-order chi connectivity index (χ1) is 13.4. The smallest absolute Gasteiger partial charge is 0.0348 e. The van der Waals surface area contributed by atoms with Gasteiger partial charge >= 0.3 is 0 Å². The molecule has 0 saturated heterocycles. The summed E-state index contributed by atoms with van der Waals surface area (Å²) in [5.74, 6) is 0. The largest absolute Gasteiger partial charge is 0.0991 e. The highest BCUT2D eigenvalue weighted by Crippen LogP contribution is 2.14. The molecule has 0 N–H and O–H groups in total. The number of unbranched alkanes of at least 4 members (excludes halogenated alkanes) is 19. The molecule has 0 unspecified atom stereocenters. The zero-order valence-corrected chi connectivity index (χ0v) is 18.7. The van der Waals surface area contributed by atoms with E-state index in [4.69, 9.17) is 0 Å². The van der Waals surface area contributed by atoms with Crippen molar-refractivity contribution >= 4 is 0 Å². The zero-order chi connectivity index (χ0) is 19.7. The number of hydrogen-bond acceptors (Lipinski definition) is 0. The second kappa shape index (κ2) is 25.2. The number of hydrogen-bond donors (Lipinski definition) is 0. The van der Waals surface area contributed by atoms with Gasteiger partial charge in [0.25, 0.3) is 0 Å². The zero-order valence-electron chi connectivity index (χ0n) is 18.7. The molecule has 0 aromatic carbocycles. The van der Waals surface area contributed by atoms with Gasteiger partial charge in [0, 0.05) is 0 Å². The summed E-state index contributed by atoms with van der Waals surface area (Å²) in [6.07, 6.45) is 39.0. The van der Waals surface area contributed by atoms with Gasteiger partial charge < -0.3 is 0 Å². The van der Waals surface area contributed by atoms with E-state index in [1.165, 1.54) is 128 Å². The highest BCUT2D eigenvalue weighted by Gasteiger charge is 1.95. The van der Waals surface area contributed by atoms with Crippen molar-refractivity contribution in [2.75, 3.05) is 0 Å². The van der Waals surface area contributed by atoms with Gasteiger partial charge in [-0.15, -0.1) is 0 Å². The molecule has 0 aliphatic carbocycles. The molecule has 0 spiro atoms. The molecule has 0 aliphatic rings. The predicted octanol–water partition coefficient (Wildman–Crippen LogP) is 10.1. The highest BCUT2D eigenvalue weighted by molar-refractivity contribution is 5.08. The summed E-state index contributed by atoms with van der Waals surface area (Å²) in [4.78, 5) is 0. The molecule has 158 valence electrons. The first-order valence-corrected chi connectivity index (χ1v) is 12.4. The van der Waals surface area contributed by atoms with Crippen LogP contribution >= 0.6 is 0 Å². The number of allylic oxidation sites excluding steroid dienone is 5. The van der Waals surface area contributed by atoms with E-state index in [0.717, 1.165) is 0 Å². The summed E-state index contributed by atoms with van der Waals surface area (Å²) < 4.78 is 0. The van der Waals surface area contributed by atoms with Gasteiger partial charge in [-0.05, 0) is 12.8 Å². The maximum absolute atomic E-state index is 3.67. The molecule has 0 aromatic heterocycles. The lowest BCUT2D eigenvalue weighted by Crippen LogP contribution is -1.84. The summed E-state index contributed by atoms with van der Waals surface area (Å²) in [5, 5.41) is 0. The highest BCUT2D eigenvalue weighted by atomic mass is 14.0. The molecule has 0 heteroatoms. The number of rotatable bonds is 22. The standard InChI is InChI=1S/C27H50/c1-3-5-7-9-11-13-15-17-19-21-23-25-27-26-24-22-20-18-16-14-12-10-8-6-4-2/h3,5,7,9,11H,1,4,6,8,10,12-27H2,2H3/b7-5+,11-9+. The summed E-state index contributed by atoms with van der Waals surface area (Å²) in [5.41, 5.74) is 0. The molecule has 0 amide bonds. The van der Waals surface area contributed by atoms with Crippen molar-refractivity contribution in [1.82, 2.24) is 0 Å². The Labute approximate surface area is 172 Å². The lowest BCUT2D eigenvalue weighted by atomic mass is 10.0.